The van der Waals surface area contributed by atoms with Gasteiger partial charge in [0.2, 0.25) is 0 Å². The summed E-state index contributed by atoms with van der Waals surface area (Å²) in [5.74, 6) is -0.336. The van der Waals surface area contributed by atoms with Crippen LogP contribution < -0.4 is 9.47 Å². The fourth-order valence-corrected chi connectivity index (χ4v) is 2.57. The first kappa shape index (κ1) is 20.0. The molecular formula is C22H27FO3. The Bertz CT molecular complexity index is 695. The highest BCUT2D eigenvalue weighted by molar-refractivity contribution is 5.91. The summed E-state index contributed by atoms with van der Waals surface area (Å²) >= 11 is 0. The van der Waals surface area contributed by atoms with Crippen LogP contribution in [-0.2, 0) is 6.42 Å². The van der Waals surface area contributed by atoms with Gasteiger partial charge in [-0.25, -0.2) is 9.18 Å². The number of esters is 1. The fourth-order valence-electron chi connectivity index (χ4n) is 2.57. The molecule has 0 saturated heterocycles. The second-order valence-electron chi connectivity index (χ2n) is 6.30. The van der Waals surface area contributed by atoms with E-state index in [-0.39, 0.29) is 5.75 Å². The number of unbranched alkanes of at least 4 members (excludes halogenated alkanes) is 3. The third-order valence-electron chi connectivity index (χ3n) is 4.15. The molecule has 0 bridgehead atoms. The summed E-state index contributed by atoms with van der Waals surface area (Å²) < 4.78 is 25.3. The Hall–Kier alpha value is -2.36. The van der Waals surface area contributed by atoms with E-state index in [1.165, 1.54) is 6.07 Å². The molecule has 0 saturated carbocycles. The molecule has 0 aliphatic heterocycles. The van der Waals surface area contributed by atoms with E-state index in [9.17, 15) is 9.18 Å². The SMILES string of the molecule is CCCCCc1cccc(OC(=O)c2ccc(OCCCC)cc2)c1F. The van der Waals surface area contributed by atoms with Gasteiger partial charge in [0.05, 0.1) is 12.2 Å². The molecule has 2 aromatic rings. The van der Waals surface area contributed by atoms with Crippen molar-refractivity contribution in [1.29, 1.82) is 0 Å². The molecule has 2 aromatic carbocycles. The van der Waals surface area contributed by atoms with Crippen molar-refractivity contribution >= 4 is 5.97 Å². The van der Waals surface area contributed by atoms with Gasteiger partial charge in [-0.15, -0.1) is 0 Å². The van der Waals surface area contributed by atoms with Gasteiger partial charge in [-0.3, -0.25) is 0 Å². The molecule has 26 heavy (non-hydrogen) atoms. The summed E-state index contributed by atoms with van der Waals surface area (Å²) in [5.41, 5.74) is 0.951. The highest BCUT2D eigenvalue weighted by Crippen LogP contribution is 2.23. The largest absolute Gasteiger partial charge is 0.494 e. The first-order chi connectivity index (χ1) is 12.7. The van der Waals surface area contributed by atoms with Crippen molar-refractivity contribution in [3.63, 3.8) is 0 Å². The van der Waals surface area contributed by atoms with Crippen LogP contribution in [0.4, 0.5) is 4.39 Å². The monoisotopic (exact) mass is 358 g/mol. The zero-order chi connectivity index (χ0) is 18.8. The number of halogens is 1. The van der Waals surface area contributed by atoms with E-state index in [2.05, 4.69) is 13.8 Å². The Morgan fingerprint density at radius 1 is 0.962 bits per heavy atom. The van der Waals surface area contributed by atoms with E-state index in [1.807, 2.05) is 0 Å². The lowest BCUT2D eigenvalue weighted by Gasteiger charge is -2.10. The standard InChI is InChI=1S/C22H27FO3/c1-3-5-7-9-17-10-8-11-20(21(17)23)26-22(24)18-12-14-19(15-13-18)25-16-6-4-2/h8,10-15H,3-7,9,16H2,1-2H3. The molecule has 0 radical (unpaired) electrons. The average Bonchev–Trinajstić information content (AvgIpc) is 2.65. The number of ether oxygens (including phenoxy) is 2. The van der Waals surface area contributed by atoms with Crippen molar-refractivity contribution in [3.8, 4) is 11.5 Å². The number of rotatable bonds is 10. The van der Waals surface area contributed by atoms with Crippen LogP contribution in [0, 0.1) is 5.82 Å². The maximum absolute atomic E-state index is 14.5. The smallest absolute Gasteiger partial charge is 0.343 e. The van der Waals surface area contributed by atoms with Gasteiger partial charge in [0.1, 0.15) is 5.75 Å². The molecule has 0 aliphatic carbocycles. The van der Waals surface area contributed by atoms with Gasteiger partial charge in [-0.1, -0.05) is 45.2 Å². The molecule has 0 heterocycles. The maximum atomic E-state index is 14.5. The first-order valence-electron chi connectivity index (χ1n) is 9.38. The summed E-state index contributed by atoms with van der Waals surface area (Å²) in [6.45, 7) is 4.85. The van der Waals surface area contributed by atoms with Crippen LogP contribution in [0.5, 0.6) is 11.5 Å². The molecule has 0 N–H and O–H groups in total. The van der Waals surface area contributed by atoms with Crippen molar-refractivity contribution in [2.75, 3.05) is 6.61 Å². The minimum absolute atomic E-state index is 0.0210. The van der Waals surface area contributed by atoms with Crippen LogP contribution in [0.25, 0.3) is 0 Å². The van der Waals surface area contributed by atoms with Crippen molar-refractivity contribution < 1.29 is 18.7 Å². The summed E-state index contributed by atoms with van der Waals surface area (Å²) in [7, 11) is 0. The van der Waals surface area contributed by atoms with E-state index in [0.717, 1.165) is 32.1 Å². The van der Waals surface area contributed by atoms with Gasteiger partial charge in [0.25, 0.3) is 0 Å². The van der Waals surface area contributed by atoms with Gasteiger partial charge in [-0.05, 0) is 55.2 Å². The van der Waals surface area contributed by atoms with Crippen LogP contribution in [0.15, 0.2) is 42.5 Å². The third kappa shape index (κ3) is 5.87. The normalized spacial score (nSPS) is 10.6. The molecule has 4 heteroatoms. The van der Waals surface area contributed by atoms with E-state index >= 15 is 0 Å². The number of aryl methyl sites for hydroxylation is 1. The molecular weight excluding hydrogens is 331 g/mol. The maximum Gasteiger partial charge on any atom is 0.343 e. The Labute approximate surface area is 155 Å². The second-order valence-corrected chi connectivity index (χ2v) is 6.30. The zero-order valence-corrected chi connectivity index (χ0v) is 15.6. The molecule has 0 fully saturated rings. The highest BCUT2D eigenvalue weighted by Gasteiger charge is 2.14. The molecule has 2 rings (SSSR count). The molecule has 0 atom stereocenters. The van der Waals surface area contributed by atoms with E-state index < -0.39 is 11.8 Å². The summed E-state index contributed by atoms with van der Waals surface area (Å²) in [6, 6.07) is 11.7. The Morgan fingerprint density at radius 3 is 2.38 bits per heavy atom. The van der Waals surface area contributed by atoms with E-state index in [4.69, 9.17) is 9.47 Å². The Kier molecular flexibility index (Phi) is 8.13. The van der Waals surface area contributed by atoms with Gasteiger partial charge < -0.3 is 9.47 Å². The van der Waals surface area contributed by atoms with Crippen LogP contribution in [-0.4, -0.2) is 12.6 Å². The number of benzene rings is 2. The third-order valence-corrected chi connectivity index (χ3v) is 4.15. The molecule has 0 aliphatic rings. The summed E-state index contributed by atoms with van der Waals surface area (Å²) in [4.78, 5) is 12.3. The van der Waals surface area contributed by atoms with Gasteiger partial charge in [-0.2, -0.15) is 0 Å². The summed E-state index contributed by atoms with van der Waals surface area (Å²) in [5, 5.41) is 0. The van der Waals surface area contributed by atoms with Gasteiger partial charge in [0.15, 0.2) is 11.6 Å². The van der Waals surface area contributed by atoms with E-state index in [0.29, 0.717) is 29.9 Å². The molecule has 3 nitrogen and oxygen atoms in total. The lowest BCUT2D eigenvalue weighted by atomic mass is 10.1. The minimum atomic E-state index is -0.574. The van der Waals surface area contributed by atoms with Crippen molar-refractivity contribution in [2.45, 2.75) is 52.4 Å². The van der Waals surface area contributed by atoms with Crippen LogP contribution in [0.3, 0.4) is 0 Å². The number of carbonyl (C=O) groups is 1. The fraction of sp³-hybridized carbons (Fsp3) is 0.409. The Balaban J connectivity index is 1.99. The molecule has 0 spiro atoms. The van der Waals surface area contributed by atoms with Crippen LogP contribution in [0.2, 0.25) is 0 Å². The molecule has 0 amide bonds. The number of hydrogen-bond donors (Lipinski definition) is 0. The Morgan fingerprint density at radius 2 is 1.69 bits per heavy atom. The van der Waals surface area contributed by atoms with Gasteiger partial charge in [0, 0.05) is 0 Å². The first-order valence-corrected chi connectivity index (χ1v) is 9.38. The zero-order valence-electron chi connectivity index (χ0n) is 15.6. The van der Waals surface area contributed by atoms with E-state index in [1.54, 1.807) is 36.4 Å². The highest BCUT2D eigenvalue weighted by atomic mass is 19.1. The number of carbonyl (C=O) groups excluding carboxylic acids is 1. The lowest BCUT2D eigenvalue weighted by Crippen LogP contribution is -2.10. The predicted molar refractivity (Wildman–Crippen MR) is 101 cm³/mol. The quantitative estimate of drug-likeness (QED) is 0.299. The summed E-state index contributed by atoms with van der Waals surface area (Å²) in [6.07, 6.45) is 5.74. The predicted octanol–water partition coefficient (Wildman–Crippen LogP) is 5.96. The van der Waals surface area contributed by atoms with Crippen molar-refractivity contribution in [3.05, 3.63) is 59.4 Å². The van der Waals surface area contributed by atoms with Crippen molar-refractivity contribution in [2.24, 2.45) is 0 Å². The topological polar surface area (TPSA) is 35.5 Å². The van der Waals surface area contributed by atoms with Gasteiger partial charge >= 0.3 is 5.97 Å². The molecule has 0 aromatic heterocycles. The van der Waals surface area contributed by atoms with Crippen molar-refractivity contribution in [1.82, 2.24) is 0 Å². The minimum Gasteiger partial charge on any atom is -0.494 e. The lowest BCUT2D eigenvalue weighted by molar-refractivity contribution is 0.0727. The van der Waals surface area contributed by atoms with Crippen LogP contribution >= 0.6 is 0 Å². The number of hydrogen-bond acceptors (Lipinski definition) is 3. The molecule has 0 unspecified atom stereocenters. The van der Waals surface area contributed by atoms with Crippen LogP contribution in [0.1, 0.15) is 61.9 Å². The average molecular weight is 358 g/mol. The molecule has 140 valence electrons. The second kappa shape index (κ2) is 10.6.